The average Bonchev–Trinajstić information content (AvgIpc) is 2.15. The maximum Gasteiger partial charge on any atom is 0.762 e. The lowest BCUT2D eigenvalue weighted by molar-refractivity contribution is 0.535. The van der Waals surface area contributed by atoms with Crippen LogP contribution < -0.4 is 0 Å². The predicted octanol–water partition coefficient (Wildman–Crippen LogP) is 3.92. The molecule has 0 N–H and O–H groups in total. The van der Waals surface area contributed by atoms with Crippen molar-refractivity contribution in [2.24, 2.45) is 10.9 Å². The second kappa shape index (κ2) is 8.09. The lowest BCUT2D eigenvalue weighted by Crippen LogP contribution is -1.84. The van der Waals surface area contributed by atoms with E-state index in [9.17, 15) is 12.9 Å². The molecule has 0 unspecified atom stereocenters. The number of aliphatic imine (C=N–C) groups is 1. The van der Waals surface area contributed by atoms with Crippen molar-refractivity contribution in [1.29, 1.82) is 0 Å². The third kappa shape index (κ3) is 10.7. The number of para-hydroxylation sites is 1. The zero-order valence-electron chi connectivity index (χ0n) is 8.70. The highest BCUT2D eigenvalue weighted by Crippen LogP contribution is 2.08. The first-order valence-electron chi connectivity index (χ1n) is 4.54. The molecule has 5 heteroatoms. The van der Waals surface area contributed by atoms with Crippen molar-refractivity contribution < 1.29 is 12.9 Å². The Kier molecular flexibility index (Phi) is 7.41. The summed E-state index contributed by atoms with van der Waals surface area (Å²) in [5, 5.41) is 0. The summed E-state index contributed by atoms with van der Waals surface area (Å²) in [6.07, 6.45) is 1.95. The Bertz CT molecular complexity index is 273. The molecule has 0 bridgehead atoms. The normalized spacial score (nSPS) is 10.0. The number of benzene rings is 1. The molecule has 0 heterocycles. The van der Waals surface area contributed by atoms with Crippen molar-refractivity contribution in [2.75, 3.05) is 0 Å². The van der Waals surface area contributed by atoms with Crippen molar-refractivity contribution in [3.63, 3.8) is 0 Å². The van der Waals surface area contributed by atoms with Crippen molar-refractivity contribution in [1.82, 2.24) is 0 Å². The largest absolute Gasteiger partial charge is 0.762 e. The van der Waals surface area contributed by atoms with Crippen molar-refractivity contribution in [3.8, 4) is 0 Å². The van der Waals surface area contributed by atoms with Gasteiger partial charge in [0.1, 0.15) is 0 Å². The van der Waals surface area contributed by atoms with Crippen LogP contribution in [-0.4, -0.2) is 13.8 Å². The molecule has 0 aliphatic rings. The van der Waals surface area contributed by atoms with Gasteiger partial charge in [-0.15, -0.1) is 0 Å². The van der Waals surface area contributed by atoms with E-state index in [4.69, 9.17) is 0 Å². The first-order valence-corrected chi connectivity index (χ1v) is 4.54. The molecule has 0 aromatic heterocycles. The zero-order valence-corrected chi connectivity index (χ0v) is 8.70. The van der Waals surface area contributed by atoms with Gasteiger partial charge in [-0.05, 0) is 18.1 Å². The Morgan fingerprint density at radius 3 is 2.00 bits per heavy atom. The van der Waals surface area contributed by atoms with E-state index < -0.39 is 7.54 Å². The van der Waals surface area contributed by atoms with Crippen molar-refractivity contribution in [2.45, 2.75) is 13.8 Å². The van der Waals surface area contributed by atoms with Gasteiger partial charge in [-0.1, -0.05) is 32.0 Å². The molecule has 0 amide bonds. The molecule has 1 aromatic rings. The molecule has 0 saturated carbocycles. The predicted molar refractivity (Wildman–Crippen MR) is 58.5 cm³/mol. The highest BCUT2D eigenvalue weighted by molar-refractivity contribution is 6.33. The fourth-order valence-corrected chi connectivity index (χ4v) is 0.749. The lowest BCUT2D eigenvalue weighted by atomic mass is 10.2. The second-order valence-electron chi connectivity index (χ2n) is 3.11. The van der Waals surface area contributed by atoms with Crippen LogP contribution in [0, 0.1) is 5.92 Å². The molecule has 0 aliphatic heterocycles. The molecule has 1 nitrogen and oxygen atoms in total. The fourth-order valence-electron chi connectivity index (χ4n) is 0.749. The van der Waals surface area contributed by atoms with E-state index in [-0.39, 0.29) is 0 Å². The van der Waals surface area contributed by atoms with Gasteiger partial charge in [0.2, 0.25) is 0 Å². The molecule has 82 valence electrons. The molecule has 1 rings (SSSR count). The Morgan fingerprint density at radius 1 is 1.13 bits per heavy atom. The standard InChI is InChI=1S/C10H13N.BF3/c1-9(2)8-11-10-6-4-3-5-7-10;2-1(3)4/h3-9H,1-2H3;. The number of rotatable bonds is 2. The SMILES string of the molecule is CC(C)C=Nc1ccccc1.FB(F)F. The molecule has 0 radical (unpaired) electrons. The molecule has 0 atom stereocenters. The Labute approximate surface area is 88.3 Å². The first-order chi connectivity index (χ1) is 7.02. The monoisotopic (exact) mass is 215 g/mol. The first kappa shape index (κ1) is 13.7. The highest BCUT2D eigenvalue weighted by Gasteiger charge is 2.06. The summed E-state index contributed by atoms with van der Waals surface area (Å²) in [5.74, 6) is 0.523. The van der Waals surface area contributed by atoms with Gasteiger partial charge in [-0.3, -0.25) is 17.9 Å². The summed E-state index contributed by atoms with van der Waals surface area (Å²) in [6, 6.07) is 9.98. The van der Waals surface area contributed by atoms with Crippen LogP contribution in [0.5, 0.6) is 0 Å². The van der Waals surface area contributed by atoms with E-state index >= 15 is 0 Å². The highest BCUT2D eigenvalue weighted by atomic mass is 19.4. The summed E-state index contributed by atoms with van der Waals surface area (Å²) >= 11 is 0. The molecule has 0 spiro atoms. The van der Waals surface area contributed by atoms with Crippen LogP contribution in [0.2, 0.25) is 0 Å². The zero-order chi connectivity index (χ0) is 11.7. The topological polar surface area (TPSA) is 12.4 Å². The van der Waals surface area contributed by atoms with Gasteiger partial charge >= 0.3 is 7.54 Å². The lowest BCUT2D eigenvalue weighted by Gasteiger charge is -1.93. The Morgan fingerprint density at radius 2 is 1.60 bits per heavy atom. The van der Waals surface area contributed by atoms with Crippen LogP contribution in [0.3, 0.4) is 0 Å². The van der Waals surface area contributed by atoms with Crippen LogP contribution in [0.25, 0.3) is 0 Å². The average molecular weight is 215 g/mol. The summed E-state index contributed by atoms with van der Waals surface area (Å²) in [7, 11) is -3.67. The summed E-state index contributed by atoms with van der Waals surface area (Å²) in [6.45, 7) is 4.24. The van der Waals surface area contributed by atoms with Gasteiger partial charge in [-0.2, -0.15) is 0 Å². The third-order valence-corrected chi connectivity index (χ3v) is 1.28. The van der Waals surface area contributed by atoms with Crippen LogP contribution in [0.4, 0.5) is 18.6 Å². The minimum Gasteiger partial charge on any atom is -0.261 e. The van der Waals surface area contributed by atoms with E-state index in [2.05, 4.69) is 18.8 Å². The third-order valence-electron chi connectivity index (χ3n) is 1.28. The van der Waals surface area contributed by atoms with E-state index in [1.807, 2.05) is 36.5 Å². The van der Waals surface area contributed by atoms with Crippen LogP contribution in [-0.2, 0) is 0 Å². The molecule has 15 heavy (non-hydrogen) atoms. The fraction of sp³-hybridized carbons (Fsp3) is 0.300. The van der Waals surface area contributed by atoms with E-state index in [0.717, 1.165) is 5.69 Å². The van der Waals surface area contributed by atoms with Gasteiger partial charge in [-0.25, -0.2) is 0 Å². The van der Waals surface area contributed by atoms with Crippen LogP contribution in [0.15, 0.2) is 35.3 Å². The number of hydrogen-bond acceptors (Lipinski definition) is 1. The summed E-state index contributed by atoms with van der Waals surface area (Å²) in [4.78, 5) is 4.28. The number of hydrogen-bond donors (Lipinski definition) is 0. The summed E-state index contributed by atoms with van der Waals surface area (Å²) in [5.41, 5.74) is 1.03. The smallest absolute Gasteiger partial charge is 0.261 e. The molecular weight excluding hydrogens is 202 g/mol. The van der Waals surface area contributed by atoms with Gasteiger partial charge in [0.05, 0.1) is 5.69 Å². The second-order valence-corrected chi connectivity index (χ2v) is 3.11. The quantitative estimate of drug-likeness (QED) is 0.523. The number of halogens is 3. The van der Waals surface area contributed by atoms with Crippen molar-refractivity contribution in [3.05, 3.63) is 30.3 Å². The maximum absolute atomic E-state index is 9.67. The van der Waals surface area contributed by atoms with Gasteiger partial charge in [0.15, 0.2) is 0 Å². The molecule has 0 fully saturated rings. The molecule has 0 saturated heterocycles. The van der Waals surface area contributed by atoms with E-state index in [0.29, 0.717) is 5.92 Å². The van der Waals surface area contributed by atoms with Gasteiger partial charge in [0.25, 0.3) is 0 Å². The molecular formula is C10H13BF3N. The van der Waals surface area contributed by atoms with Gasteiger partial charge < -0.3 is 0 Å². The minimum atomic E-state index is -3.67. The minimum absolute atomic E-state index is 0.523. The maximum atomic E-state index is 9.67. The van der Waals surface area contributed by atoms with E-state index in [1.54, 1.807) is 0 Å². The van der Waals surface area contributed by atoms with Gasteiger partial charge in [0, 0.05) is 6.21 Å². The number of nitrogens with zero attached hydrogens (tertiary/aromatic N) is 1. The Balaban J connectivity index is 0.000000423. The van der Waals surface area contributed by atoms with E-state index in [1.165, 1.54) is 0 Å². The molecule has 1 aromatic carbocycles. The van der Waals surface area contributed by atoms with Crippen molar-refractivity contribution >= 4 is 19.4 Å². The Hall–Kier alpha value is -1.26. The summed E-state index contributed by atoms with van der Waals surface area (Å²) < 4.78 is 29.0. The molecule has 0 aliphatic carbocycles. The van der Waals surface area contributed by atoms with Crippen LogP contribution in [0.1, 0.15) is 13.8 Å². The van der Waals surface area contributed by atoms with Crippen LogP contribution >= 0.6 is 0 Å².